The number of aryl methyl sites for hydroxylation is 1. The second-order valence-corrected chi connectivity index (χ2v) is 6.73. The molecule has 23 heavy (non-hydrogen) atoms. The van der Waals surface area contributed by atoms with Crippen LogP contribution in [0, 0.1) is 12.8 Å². The van der Waals surface area contributed by atoms with Crippen molar-refractivity contribution >= 4 is 5.91 Å². The monoisotopic (exact) mass is 310 g/mol. The minimum Gasteiger partial charge on any atom is -0.348 e. The van der Waals surface area contributed by atoms with Crippen LogP contribution in [0.15, 0.2) is 36.7 Å². The lowest BCUT2D eigenvalue weighted by molar-refractivity contribution is 0.0620. The predicted molar refractivity (Wildman–Crippen MR) is 88.7 cm³/mol. The van der Waals surface area contributed by atoms with Crippen molar-refractivity contribution in [3.63, 3.8) is 0 Å². The highest BCUT2D eigenvalue weighted by atomic mass is 16.1. The Labute approximate surface area is 136 Å². The third-order valence-corrected chi connectivity index (χ3v) is 5.08. The fraction of sp³-hybridized carbons (Fsp3) is 0.444. The maximum absolute atomic E-state index is 12.5. The van der Waals surface area contributed by atoms with E-state index in [4.69, 9.17) is 0 Å². The Morgan fingerprint density at radius 1 is 1.30 bits per heavy atom. The maximum atomic E-state index is 12.5. The highest BCUT2D eigenvalue weighted by molar-refractivity contribution is 5.94. The van der Waals surface area contributed by atoms with Crippen molar-refractivity contribution < 1.29 is 4.79 Å². The van der Waals surface area contributed by atoms with Gasteiger partial charge in [0.25, 0.3) is 5.91 Å². The average molecular weight is 310 g/mol. The van der Waals surface area contributed by atoms with Gasteiger partial charge in [0, 0.05) is 18.8 Å². The standard InChI is InChI=1S/C18H22N4O/c1-13-3-2-4-16(9-13)22-11-15(10-19-22)18(23)20-17-12-21-7-5-14(17)6-8-21/h2-4,9-11,14,17H,5-8,12H2,1H3,(H,20,23). The molecule has 2 aromatic rings. The van der Waals surface area contributed by atoms with E-state index in [0.717, 1.165) is 12.2 Å². The number of nitrogens with one attached hydrogen (secondary N) is 1. The molecule has 1 aromatic heterocycles. The Kier molecular flexibility index (Phi) is 3.65. The highest BCUT2D eigenvalue weighted by Gasteiger charge is 2.35. The quantitative estimate of drug-likeness (QED) is 0.943. The summed E-state index contributed by atoms with van der Waals surface area (Å²) in [7, 11) is 0. The van der Waals surface area contributed by atoms with Gasteiger partial charge in [0.2, 0.25) is 0 Å². The lowest BCUT2D eigenvalue weighted by Crippen LogP contribution is -2.57. The minimum absolute atomic E-state index is 0.0114. The van der Waals surface area contributed by atoms with Crippen LogP contribution in [0.2, 0.25) is 0 Å². The first kappa shape index (κ1) is 14.5. The first-order valence-corrected chi connectivity index (χ1v) is 8.34. The number of hydrogen-bond acceptors (Lipinski definition) is 3. The van der Waals surface area contributed by atoms with Crippen molar-refractivity contribution in [3.05, 3.63) is 47.8 Å². The smallest absolute Gasteiger partial charge is 0.254 e. The second-order valence-electron chi connectivity index (χ2n) is 6.73. The van der Waals surface area contributed by atoms with Gasteiger partial charge in [0.05, 0.1) is 17.4 Å². The van der Waals surface area contributed by atoms with Gasteiger partial charge in [0.1, 0.15) is 0 Å². The lowest BCUT2D eigenvalue weighted by Gasteiger charge is -2.44. The molecule has 1 unspecified atom stereocenters. The zero-order valence-corrected chi connectivity index (χ0v) is 13.4. The molecule has 1 amide bonds. The second kappa shape index (κ2) is 5.81. The summed E-state index contributed by atoms with van der Waals surface area (Å²) in [6.45, 7) is 5.40. The molecule has 0 spiro atoms. The number of hydrogen-bond donors (Lipinski definition) is 1. The maximum Gasteiger partial charge on any atom is 0.254 e. The number of carbonyl (C=O) groups is 1. The van der Waals surface area contributed by atoms with Crippen LogP contribution >= 0.6 is 0 Å². The van der Waals surface area contributed by atoms with Gasteiger partial charge in [-0.3, -0.25) is 4.79 Å². The number of rotatable bonds is 3. The van der Waals surface area contributed by atoms with Crippen molar-refractivity contribution in [2.75, 3.05) is 19.6 Å². The molecule has 5 rings (SSSR count). The Bertz CT molecular complexity index is 715. The summed E-state index contributed by atoms with van der Waals surface area (Å²) in [5, 5.41) is 7.54. The van der Waals surface area contributed by atoms with Crippen LogP contribution in [0.1, 0.15) is 28.8 Å². The Morgan fingerprint density at radius 2 is 2.13 bits per heavy atom. The largest absolute Gasteiger partial charge is 0.348 e. The van der Waals surface area contributed by atoms with Gasteiger partial charge in [-0.05, 0) is 56.5 Å². The zero-order valence-electron chi connectivity index (χ0n) is 13.4. The molecule has 5 heteroatoms. The molecule has 1 N–H and O–H groups in total. The van der Waals surface area contributed by atoms with Crippen LogP contribution in [0.3, 0.4) is 0 Å². The summed E-state index contributed by atoms with van der Waals surface area (Å²) in [6.07, 6.45) is 5.87. The van der Waals surface area contributed by atoms with E-state index < -0.39 is 0 Å². The summed E-state index contributed by atoms with van der Waals surface area (Å²) < 4.78 is 1.76. The molecule has 0 radical (unpaired) electrons. The Hall–Kier alpha value is -2.14. The molecule has 2 bridgehead atoms. The van der Waals surface area contributed by atoms with Gasteiger partial charge in [0.15, 0.2) is 0 Å². The van der Waals surface area contributed by atoms with E-state index in [1.54, 1.807) is 10.9 Å². The minimum atomic E-state index is -0.0114. The summed E-state index contributed by atoms with van der Waals surface area (Å²) in [5.74, 6) is 0.624. The number of nitrogens with zero attached hydrogens (tertiary/aromatic N) is 3. The van der Waals surface area contributed by atoms with Crippen LogP contribution in [0.4, 0.5) is 0 Å². The van der Waals surface area contributed by atoms with Crippen LogP contribution < -0.4 is 5.32 Å². The number of benzene rings is 1. The molecule has 0 saturated carbocycles. The van der Waals surface area contributed by atoms with E-state index >= 15 is 0 Å². The zero-order chi connectivity index (χ0) is 15.8. The topological polar surface area (TPSA) is 50.2 Å². The third kappa shape index (κ3) is 2.88. The fourth-order valence-electron chi connectivity index (χ4n) is 3.73. The van der Waals surface area contributed by atoms with Crippen LogP contribution in [-0.2, 0) is 0 Å². The van der Waals surface area contributed by atoms with E-state index in [9.17, 15) is 4.79 Å². The van der Waals surface area contributed by atoms with Crippen molar-refractivity contribution in [2.24, 2.45) is 5.92 Å². The average Bonchev–Trinajstić information content (AvgIpc) is 3.06. The first-order valence-electron chi connectivity index (χ1n) is 8.34. The molecule has 3 fully saturated rings. The van der Waals surface area contributed by atoms with Crippen molar-refractivity contribution in [3.8, 4) is 5.69 Å². The Morgan fingerprint density at radius 3 is 2.83 bits per heavy atom. The first-order chi connectivity index (χ1) is 11.2. The van der Waals surface area contributed by atoms with Crippen LogP contribution in [-0.4, -0.2) is 46.3 Å². The number of piperidine rings is 3. The summed E-state index contributed by atoms with van der Waals surface area (Å²) in [6, 6.07) is 8.39. The number of aromatic nitrogens is 2. The van der Waals surface area contributed by atoms with Gasteiger partial charge in [-0.1, -0.05) is 12.1 Å². The molecular weight excluding hydrogens is 288 g/mol. The SMILES string of the molecule is Cc1cccc(-n2cc(C(=O)NC3CN4CCC3CC4)cn2)c1. The summed E-state index contributed by atoms with van der Waals surface area (Å²) >= 11 is 0. The van der Waals surface area contributed by atoms with Gasteiger partial charge < -0.3 is 10.2 Å². The summed E-state index contributed by atoms with van der Waals surface area (Å²) in [5.41, 5.74) is 2.78. The van der Waals surface area contributed by atoms with E-state index in [-0.39, 0.29) is 11.9 Å². The predicted octanol–water partition coefficient (Wildman–Crippen LogP) is 2.00. The van der Waals surface area contributed by atoms with E-state index in [1.165, 1.54) is 31.5 Å². The molecule has 120 valence electrons. The van der Waals surface area contributed by atoms with Gasteiger partial charge >= 0.3 is 0 Å². The van der Waals surface area contributed by atoms with E-state index in [0.29, 0.717) is 11.5 Å². The molecule has 5 nitrogen and oxygen atoms in total. The van der Waals surface area contributed by atoms with Gasteiger partial charge in [-0.25, -0.2) is 4.68 Å². The molecule has 3 aliphatic rings. The van der Waals surface area contributed by atoms with Gasteiger partial charge in [-0.2, -0.15) is 5.10 Å². The number of fused-ring (bicyclic) bond motifs is 3. The normalized spacial score (nSPS) is 26.2. The van der Waals surface area contributed by atoms with Crippen molar-refractivity contribution in [1.82, 2.24) is 20.0 Å². The van der Waals surface area contributed by atoms with E-state index in [2.05, 4.69) is 21.4 Å². The number of amides is 1. The van der Waals surface area contributed by atoms with E-state index in [1.807, 2.05) is 31.3 Å². The van der Waals surface area contributed by atoms with Crippen molar-refractivity contribution in [2.45, 2.75) is 25.8 Å². The highest BCUT2D eigenvalue weighted by Crippen LogP contribution is 2.27. The molecule has 3 saturated heterocycles. The Balaban J connectivity index is 1.47. The molecule has 1 atom stereocenters. The summed E-state index contributed by atoms with van der Waals surface area (Å²) in [4.78, 5) is 15.0. The third-order valence-electron chi connectivity index (χ3n) is 5.08. The van der Waals surface area contributed by atoms with Gasteiger partial charge in [-0.15, -0.1) is 0 Å². The van der Waals surface area contributed by atoms with Crippen molar-refractivity contribution in [1.29, 1.82) is 0 Å². The molecular formula is C18H22N4O. The molecule has 4 heterocycles. The molecule has 0 aliphatic carbocycles. The lowest BCUT2D eigenvalue weighted by atomic mass is 9.84. The number of carbonyl (C=O) groups excluding carboxylic acids is 1. The fourth-order valence-corrected chi connectivity index (χ4v) is 3.73. The van der Waals surface area contributed by atoms with Crippen LogP contribution in [0.25, 0.3) is 5.69 Å². The van der Waals surface area contributed by atoms with Crippen LogP contribution in [0.5, 0.6) is 0 Å². The molecule has 1 aromatic carbocycles. The molecule has 3 aliphatic heterocycles.